The fraction of sp³-hybridized carbons (Fsp3) is 0.130. The maximum absolute atomic E-state index is 14.0. The van der Waals surface area contributed by atoms with Gasteiger partial charge in [-0.2, -0.15) is 0 Å². The molecule has 1 spiro atoms. The van der Waals surface area contributed by atoms with Crippen LogP contribution in [0.15, 0.2) is 66.7 Å². The van der Waals surface area contributed by atoms with Gasteiger partial charge in [-0.25, -0.2) is 0 Å². The molecule has 4 nitrogen and oxygen atoms in total. The largest absolute Gasteiger partial charge is 0.304 e. The maximum Gasteiger partial charge on any atom is 0.269 e. The molecule has 1 fully saturated rings. The Morgan fingerprint density at radius 1 is 0.903 bits per heavy atom. The van der Waals surface area contributed by atoms with Crippen molar-refractivity contribution in [3.05, 3.63) is 92.9 Å². The van der Waals surface area contributed by atoms with Gasteiger partial charge in [-0.1, -0.05) is 65.1 Å². The molecule has 3 aromatic carbocycles. The Morgan fingerprint density at radius 3 is 2.48 bits per heavy atom. The topological polar surface area (TPSA) is 40.6 Å². The second-order valence-electron chi connectivity index (χ2n) is 7.30. The SMILES string of the molecule is O=C1CSC2(C(=O)N(Cc3cccc(Cl)c3)c3ccccc32)N1c1ccc(Cl)c(Cl)c1. The van der Waals surface area contributed by atoms with Crippen LogP contribution in [0.3, 0.4) is 0 Å². The monoisotopic (exact) mass is 488 g/mol. The molecule has 1 unspecified atom stereocenters. The minimum atomic E-state index is -1.19. The van der Waals surface area contributed by atoms with E-state index < -0.39 is 4.87 Å². The lowest BCUT2D eigenvalue weighted by molar-refractivity contribution is -0.123. The van der Waals surface area contributed by atoms with E-state index in [0.717, 1.165) is 16.8 Å². The molecule has 0 aliphatic carbocycles. The molecule has 3 aromatic rings. The smallest absolute Gasteiger partial charge is 0.269 e. The number of amides is 2. The maximum atomic E-state index is 14.0. The zero-order valence-corrected chi connectivity index (χ0v) is 19.1. The minimum Gasteiger partial charge on any atom is -0.304 e. The lowest BCUT2D eigenvalue weighted by atomic mass is 10.0. The number of hydrogen-bond donors (Lipinski definition) is 0. The first kappa shape index (κ1) is 20.7. The average molecular weight is 490 g/mol. The molecule has 0 N–H and O–H groups in total. The predicted octanol–water partition coefficient (Wildman–Crippen LogP) is 6.13. The molecule has 2 aliphatic heterocycles. The van der Waals surface area contributed by atoms with Gasteiger partial charge in [0.1, 0.15) is 0 Å². The first-order chi connectivity index (χ1) is 14.9. The number of para-hydroxylation sites is 1. The minimum absolute atomic E-state index is 0.156. The van der Waals surface area contributed by atoms with Crippen molar-refractivity contribution in [1.82, 2.24) is 0 Å². The first-order valence-corrected chi connectivity index (χ1v) is 11.6. The van der Waals surface area contributed by atoms with Crippen molar-refractivity contribution in [2.45, 2.75) is 11.4 Å². The van der Waals surface area contributed by atoms with Gasteiger partial charge in [-0.05, 0) is 42.0 Å². The normalized spacial score (nSPS) is 20.1. The summed E-state index contributed by atoms with van der Waals surface area (Å²) >= 11 is 19.8. The van der Waals surface area contributed by atoms with Crippen LogP contribution in [0.1, 0.15) is 11.1 Å². The Balaban J connectivity index is 1.65. The molecular weight excluding hydrogens is 475 g/mol. The van der Waals surface area contributed by atoms with Gasteiger partial charge in [0, 0.05) is 16.3 Å². The van der Waals surface area contributed by atoms with Crippen LogP contribution in [-0.4, -0.2) is 17.6 Å². The molecule has 2 heterocycles. The molecule has 2 amide bonds. The molecule has 1 saturated heterocycles. The highest BCUT2D eigenvalue weighted by Crippen LogP contribution is 2.56. The molecule has 156 valence electrons. The second kappa shape index (κ2) is 7.75. The van der Waals surface area contributed by atoms with E-state index in [1.165, 1.54) is 11.8 Å². The second-order valence-corrected chi connectivity index (χ2v) is 9.72. The van der Waals surface area contributed by atoms with E-state index in [0.29, 0.717) is 27.3 Å². The number of anilines is 2. The van der Waals surface area contributed by atoms with Crippen LogP contribution in [0.4, 0.5) is 11.4 Å². The third-order valence-corrected chi connectivity index (χ3v) is 7.82. The molecule has 0 radical (unpaired) electrons. The van der Waals surface area contributed by atoms with E-state index in [9.17, 15) is 9.59 Å². The molecule has 0 bridgehead atoms. The highest BCUT2D eigenvalue weighted by atomic mass is 35.5. The van der Waals surface area contributed by atoms with E-state index >= 15 is 0 Å². The van der Waals surface area contributed by atoms with Crippen molar-refractivity contribution in [1.29, 1.82) is 0 Å². The quantitative estimate of drug-likeness (QED) is 0.444. The summed E-state index contributed by atoms with van der Waals surface area (Å²) in [4.78, 5) is 29.1. The number of benzene rings is 3. The Kier molecular flexibility index (Phi) is 5.18. The number of halogens is 3. The van der Waals surface area contributed by atoms with Crippen LogP contribution in [0.25, 0.3) is 0 Å². The molecule has 0 saturated carbocycles. The number of rotatable bonds is 3. The Morgan fingerprint density at radius 2 is 1.71 bits per heavy atom. The van der Waals surface area contributed by atoms with Crippen LogP contribution < -0.4 is 9.80 Å². The summed E-state index contributed by atoms with van der Waals surface area (Å²) in [7, 11) is 0. The standard InChI is InChI=1S/C23H15Cl3N2O2S/c24-15-5-3-4-14(10-15)12-27-20-7-2-1-6-17(20)23(22(27)30)28(21(29)13-31-23)16-8-9-18(25)19(26)11-16/h1-11H,12-13H2. The third-order valence-electron chi connectivity index (χ3n) is 5.45. The van der Waals surface area contributed by atoms with Crippen LogP contribution in [0.5, 0.6) is 0 Å². The third kappa shape index (κ3) is 3.23. The van der Waals surface area contributed by atoms with E-state index in [4.69, 9.17) is 34.8 Å². The van der Waals surface area contributed by atoms with Gasteiger partial charge in [-0.3, -0.25) is 14.5 Å². The molecule has 1 atom stereocenters. The summed E-state index contributed by atoms with van der Waals surface area (Å²) < 4.78 is 0. The molecule has 5 rings (SSSR count). The zero-order chi connectivity index (χ0) is 21.8. The number of carbonyl (C=O) groups excluding carboxylic acids is 2. The van der Waals surface area contributed by atoms with Crippen molar-refractivity contribution in [2.75, 3.05) is 15.6 Å². The van der Waals surface area contributed by atoms with E-state index in [2.05, 4.69) is 0 Å². The fourth-order valence-electron chi connectivity index (χ4n) is 4.15. The van der Waals surface area contributed by atoms with Gasteiger partial charge < -0.3 is 4.90 Å². The van der Waals surface area contributed by atoms with E-state index in [1.807, 2.05) is 42.5 Å². The Bertz CT molecular complexity index is 1230. The average Bonchev–Trinajstić information content (AvgIpc) is 3.22. The van der Waals surface area contributed by atoms with E-state index in [-0.39, 0.29) is 17.6 Å². The van der Waals surface area contributed by atoms with Crippen LogP contribution >= 0.6 is 46.6 Å². The summed E-state index contributed by atoms with van der Waals surface area (Å²) in [5.74, 6) is -0.141. The molecular formula is C23H15Cl3N2O2S. The van der Waals surface area contributed by atoms with E-state index in [1.54, 1.807) is 34.1 Å². The number of nitrogens with zero attached hydrogens (tertiary/aromatic N) is 2. The van der Waals surface area contributed by atoms with Crippen LogP contribution in [0.2, 0.25) is 15.1 Å². The predicted molar refractivity (Wildman–Crippen MR) is 127 cm³/mol. The lowest BCUT2D eigenvalue weighted by Crippen LogP contribution is -2.49. The number of carbonyl (C=O) groups is 2. The first-order valence-electron chi connectivity index (χ1n) is 9.50. The summed E-state index contributed by atoms with van der Waals surface area (Å²) in [6, 6.07) is 20.0. The van der Waals surface area contributed by atoms with Gasteiger partial charge in [0.2, 0.25) is 10.8 Å². The van der Waals surface area contributed by atoms with Crippen molar-refractivity contribution >= 4 is 69.8 Å². The highest BCUT2D eigenvalue weighted by Gasteiger charge is 2.60. The van der Waals surface area contributed by atoms with Gasteiger partial charge >= 0.3 is 0 Å². The number of thioether (sulfide) groups is 1. The summed E-state index contributed by atoms with van der Waals surface area (Å²) in [6.07, 6.45) is 0. The van der Waals surface area contributed by atoms with Crippen molar-refractivity contribution in [2.24, 2.45) is 0 Å². The molecule has 2 aliphatic rings. The molecule has 31 heavy (non-hydrogen) atoms. The molecule has 0 aromatic heterocycles. The summed E-state index contributed by atoms with van der Waals surface area (Å²) in [6.45, 7) is 0.349. The Labute approximate surface area is 198 Å². The number of hydrogen-bond acceptors (Lipinski definition) is 3. The Hall–Kier alpha value is -2.18. The van der Waals surface area contributed by atoms with Crippen molar-refractivity contribution < 1.29 is 9.59 Å². The van der Waals surface area contributed by atoms with Gasteiger partial charge in [0.15, 0.2) is 0 Å². The summed E-state index contributed by atoms with van der Waals surface area (Å²) in [5, 5.41) is 1.32. The van der Waals surface area contributed by atoms with Crippen LogP contribution in [0, 0.1) is 0 Å². The van der Waals surface area contributed by atoms with Crippen LogP contribution in [-0.2, 0) is 21.0 Å². The van der Waals surface area contributed by atoms with Gasteiger partial charge in [0.25, 0.3) is 5.91 Å². The van der Waals surface area contributed by atoms with Crippen molar-refractivity contribution in [3.63, 3.8) is 0 Å². The summed E-state index contributed by atoms with van der Waals surface area (Å²) in [5.41, 5.74) is 3.00. The highest BCUT2D eigenvalue weighted by molar-refractivity contribution is 8.02. The van der Waals surface area contributed by atoms with Gasteiger partial charge in [0.05, 0.1) is 28.0 Å². The van der Waals surface area contributed by atoms with Crippen molar-refractivity contribution in [3.8, 4) is 0 Å². The fourth-order valence-corrected chi connectivity index (χ4v) is 6.02. The lowest BCUT2D eigenvalue weighted by Gasteiger charge is -2.33. The van der Waals surface area contributed by atoms with Gasteiger partial charge in [-0.15, -0.1) is 11.8 Å². The molecule has 8 heteroatoms. The number of fused-ring (bicyclic) bond motifs is 2. The zero-order valence-electron chi connectivity index (χ0n) is 16.0.